The Morgan fingerprint density at radius 1 is 1.15 bits per heavy atom. The molecule has 142 valence electrons. The van der Waals surface area contributed by atoms with Gasteiger partial charge in [0, 0.05) is 25.3 Å². The van der Waals surface area contributed by atoms with Crippen molar-refractivity contribution in [1.29, 1.82) is 0 Å². The van der Waals surface area contributed by atoms with E-state index in [1.165, 1.54) is 38.6 Å². The lowest BCUT2D eigenvalue weighted by Gasteiger charge is -2.37. The number of hydrogen-bond donors (Lipinski definition) is 1. The number of carbonyl (C=O) groups is 1. The minimum absolute atomic E-state index is 0.0137. The first-order chi connectivity index (χ1) is 12.8. The molecule has 1 aromatic heterocycles. The van der Waals surface area contributed by atoms with Gasteiger partial charge in [0.2, 0.25) is 5.91 Å². The number of rotatable bonds is 5. The fraction of sp³-hybridized carbons (Fsp3) is 0.714. The monoisotopic (exact) mass is 357 g/mol. The highest BCUT2D eigenvalue weighted by Crippen LogP contribution is 2.34. The molecule has 0 spiro atoms. The maximum atomic E-state index is 12.5. The molecule has 3 aliphatic rings. The molecule has 3 heterocycles. The fourth-order valence-corrected chi connectivity index (χ4v) is 4.93. The van der Waals surface area contributed by atoms with Crippen molar-refractivity contribution >= 4 is 5.91 Å². The highest BCUT2D eigenvalue weighted by Gasteiger charge is 2.42. The van der Waals surface area contributed by atoms with Gasteiger partial charge in [-0.05, 0) is 50.2 Å². The Balaban J connectivity index is 1.25. The summed E-state index contributed by atoms with van der Waals surface area (Å²) in [4.78, 5) is 19.4. The van der Waals surface area contributed by atoms with Gasteiger partial charge in [-0.2, -0.15) is 0 Å². The van der Waals surface area contributed by atoms with E-state index >= 15 is 0 Å². The van der Waals surface area contributed by atoms with Crippen LogP contribution in [-0.2, 0) is 16.1 Å². The Labute approximate surface area is 156 Å². The summed E-state index contributed by atoms with van der Waals surface area (Å²) in [5, 5.41) is 2.99. The topological polar surface area (TPSA) is 54.5 Å². The van der Waals surface area contributed by atoms with Gasteiger partial charge >= 0.3 is 0 Å². The average Bonchev–Trinajstić information content (AvgIpc) is 3.10. The molecule has 3 atom stereocenters. The number of ether oxygens (including phenoxy) is 1. The van der Waals surface area contributed by atoms with E-state index in [2.05, 4.69) is 15.2 Å². The lowest BCUT2D eigenvalue weighted by molar-refractivity contribution is -0.144. The number of nitrogens with one attached hydrogen (secondary N) is 1. The van der Waals surface area contributed by atoms with Crippen molar-refractivity contribution in [2.45, 2.75) is 76.2 Å². The number of pyridine rings is 1. The molecule has 1 amide bonds. The van der Waals surface area contributed by atoms with Crippen LogP contribution in [0.4, 0.5) is 0 Å². The first-order valence-electron chi connectivity index (χ1n) is 10.4. The summed E-state index contributed by atoms with van der Waals surface area (Å²) >= 11 is 0. The molecular formula is C21H31N3O2. The maximum Gasteiger partial charge on any atom is 0.249 e. The van der Waals surface area contributed by atoms with E-state index in [1.54, 1.807) is 6.20 Å². The van der Waals surface area contributed by atoms with Crippen molar-refractivity contribution in [3.8, 4) is 0 Å². The molecule has 2 saturated heterocycles. The third-order valence-electron chi connectivity index (χ3n) is 6.34. The predicted molar refractivity (Wildman–Crippen MR) is 101 cm³/mol. The first-order valence-corrected chi connectivity index (χ1v) is 10.4. The van der Waals surface area contributed by atoms with E-state index < -0.39 is 0 Å². The molecular weight excluding hydrogens is 326 g/mol. The third-order valence-corrected chi connectivity index (χ3v) is 6.34. The normalized spacial score (nSPS) is 30.1. The van der Waals surface area contributed by atoms with Gasteiger partial charge < -0.3 is 10.1 Å². The summed E-state index contributed by atoms with van der Waals surface area (Å²) in [5.41, 5.74) is 0.883. The van der Waals surface area contributed by atoms with Crippen LogP contribution in [0.25, 0.3) is 0 Å². The van der Waals surface area contributed by atoms with Gasteiger partial charge in [0.05, 0.1) is 18.3 Å². The zero-order valence-electron chi connectivity index (χ0n) is 15.6. The van der Waals surface area contributed by atoms with Crippen LogP contribution in [-0.4, -0.2) is 47.1 Å². The minimum atomic E-state index is -0.297. The number of hydrogen-bond acceptors (Lipinski definition) is 4. The molecule has 1 aromatic rings. The lowest BCUT2D eigenvalue weighted by Crippen LogP contribution is -2.48. The average molecular weight is 357 g/mol. The highest BCUT2D eigenvalue weighted by atomic mass is 16.5. The van der Waals surface area contributed by atoms with E-state index in [9.17, 15) is 4.79 Å². The molecule has 5 heteroatoms. The van der Waals surface area contributed by atoms with Gasteiger partial charge in [0.15, 0.2) is 0 Å². The second-order valence-electron chi connectivity index (χ2n) is 8.13. The molecule has 4 rings (SSSR count). The summed E-state index contributed by atoms with van der Waals surface area (Å²) in [6.45, 7) is 2.84. The number of carbonyl (C=O) groups excluding carboxylic acids is 1. The molecule has 1 saturated carbocycles. The van der Waals surface area contributed by atoms with Gasteiger partial charge in [-0.25, -0.2) is 0 Å². The smallest absolute Gasteiger partial charge is 0.249 e. The number of likely N-dealkylation sites (tertiary alicyclic amines) is 1. The quantitative estimate of drug-likeness (QED) is 0.880. The van der Waals surface area contributed by atoms with Crippen LogP contribution < -0.4 is 5.32 Å². The van der Waals surface area contributed by atoms with Crippen LogP contribution in [0.2, 0.25) is 0 Å². The Morgan fingerprint density at radius 3 is 2.85 bits per heavy atom. The van der Waals surface area contributed by atoms with Crippen molar-refractivity contribution < 1.29 is 9.53 Å². The molecule has 0 unspecified atom stereocenters. The fourth-order valence-electron chi connectivity index (χ4n) is 4.93. The molecule has 5 nitrogen and oxygen atoms in total. The second kappa shape index (κ2) is 8.49. The van der Waals surface area contributed by atoms with Gasteiger partial charge in [0.1, 0.15) is 6.10 Å². The summed E-state index contributed by atoms with van der Waals surface area (Å²) in [6.07, 6.45) is 11.7. The predicted octanol–water partition coefficient (Wildman–Crippen LogP) is 2.90. The molecule has 1 N–H and O–H groups in total. The van der Waals surface area contributed by atoms with Crippen LogP contribution in [0, 0.1) is 5.92 Å². The van der Waals surface area contributed by atoms with E-state index in [0.717, 1.165) is 37.4 Å². The molecule has 0 radical (unpaired) electrons. The van der Waals surface area contributed by atoms with Crippen molar-refractivity contribution in [3.05, 3.63) is 30.1 Å². The molecule has 2 aliphatic heterocycles. The highest BCUT2D eigenvalue weighted by molar-refractivity contribution is 5.80. The minimum Gasteiger partial charge on any atom is -0.363 e. The van der Waals surface area contributed by atoms with Crippen LogP contribution in [0.5, 0.6) is 0 Å². The Morgan fingerprint density at radius 2 is 2.04 bits per heavy atom. The zero-order valence-corrected chi connectivity index (χ0v) is 15.6. The van der Waals surface area contributed by atoms with Gasteiger partial charge in [-0.1, -0.05) is 25.3 Å². The van der Waals surface area contributed by atoms with E-state index in [4.69, 9.17) is 4.74 Å². The van der Waals surface area contributed by atoms with Crippen LogP contribution in [0.3, 0.4) is 0 Å². The number of amides is 1. The maximum absolute atomic E-state index is 12.5. The van der Waals surface area contributed by atoms with Crippen molar-refractivity contribution in [2.75, 3.05) is 13.1 Å². The van der Waals surface area contributed by atoms with Crippen LogP contribution in [0.15, 0.2) is 24.4 Å². The summed E-state index contributed by atoms with van der Waals surface area (Å²) in [6, 6.07) is 6.28. The van der Waals surface area contributed by atoms with Crippen LogP contribution in [0.1, 0.15) is 57.1 Å². The Kier molecular flexibility index (Phi) is 5.85. The SMILES string of the molecule is O=C(NCc1ccccn1)[C@@H]1CC[C@@H]2[C@@H](CCN2CC2CCCCC2)O1. The Hall–Kier alpha value is -1.46. The summed E-state index contributed by atoms with van der Waals surface area (Å²) in [5.74, 6) is 0.890. The Bertz CT molecular complexity index is 588. The van der Waals surface area contributed by atoms with Crippen molar-refractivity contribution in [1.82, 2.24) is 15.2 Å². The first kappa shape index (κ1) is 17.9. The lowest BCUT2D eigenvalue weighted by atomic mass is 9.88. The molecule has 1 aliphatic carbocycles. The second-order valence-corrected chi connectivity index (χ2v) is 8.13. The van der Waals surface area contributed by atoms with E-state index in [0.29, 0.717) is 12.6 Å². The number of aromatic nitrogens is 1. The number of nitrogens with zero attached hydrogens (tertiary/aromatic N) is 2. The molecule has 0 aromatic carbocycles. The van der Waals surface area contributed by atoms with Gasteiger partial charge in [0.25, 0.3) is 0 Å². The summed E-state index contributed by atoms with van der Waals surface area (Å²) < 4.78 is 6.21. The zero-order chi connectivity index (χ0) is 17.8. The largest absolute Gasteiger partial charge is 0.363 e. The molecule has 3 fully saturated rings. The van der Waals surface area contributed by atoms with E-state index in [1.807, 2.05) is 18.2 Å². The van der Waals surface area contributed by atoms with Gasteiger partial charge in [-0.3, -0.25) is 14.7 Å². The van der Waals surface area contributed by atoms with E-state index in [-0.39, 0.29) is 18.1 Å². The number of fused-ring (bicyclic) bond motifs is 1. The third kappa shape index (κ3) is 4.26. The van der Waals surface area contributed by atoms with Crippen molar-refractivity contribution in [2.24, 2.45) is 5.92 Å². The summed E-state index contributed by atoms with van der Waals surface area (Å²) in [7, 11) is 0. The van der Waals surface area contributed by atoms with Crippen LogP contribution >= 0.6 is 0 Å². The molecule has 26 heavy (non-hydrogen) atoms. The van der Waals surface area contributed by atoms with Crippen molar-refractivity contribution in [3.63, 3.8) is 0 Å². The molecule has 0 bridgehead atoms. The van der Waals surface area contributed by atoms with Gasteiger partial charge in [-0.15, -0.1) is 0 Å². The standard InChI is InChI=1S/C21H31N3O2/c25-21(23-14-17-8-4-5-12-22-17)20-10-9-18-19(26-20)11-13-24(18)15-16-6-2-1-3-7-16/h4-5,8,12,16,18-20H,1-3,6-7,9-11,13-15H2,(H,23,25)/t18-,19-,20+/m1/s1.